The van der Waals surface area contributed by atoms with Gasteiger partial charge in [-0.3, -0.25) is 0 Å². The molecule has 0 saturated heterocycles. The fourth-order valence-electron chi connectivity index (χ4n) is 2.01. The highest BCUT2D eigenvalue weighted by Gasteiger charge is 2.33. The molecule has 0 amide bonds. The van der Waals surface area contributed by atoms with Crippen LogP contribution in [0.25, 0.3) is 0 Å². The third kappa shape index (κ3) is 3.61. The van der Waals surface area contributed by atoms with Crippen LogP contribution in [0, 0.1) is 0 Å². The van der Waals surface area contributed by atoms with Crippen LogP contribution in [0.15, 0.2) is 69.3 Å². The van der Waals surface area contributed by atoms with Crippen molar-refractivity contribution in [2.75, 3.05) is 0 Å². The molecule has 0 saturated carbocycles. The number of halogens is 1. The monoisotopic (exact) mass is 388 g/mol. The molecular formula is C15H13ClO6S2. The van der Waals surface area contributed by atoms with E-state index in [1.54, 1.807) is 6.07 Å². The molecule has 0 heterocycles. The molecule has 2 aromatic rings. The van der Waals surface area contributed by atoms with Crippen LogP contribution in [0.5, 0.6) is 0 Å². The van der Waals surface area contributed by atoms with Crippen LogP contribution in [0.1, 0.15) is 6.92 Å². The van der Waals surface area contributed by atoms with Crippen LogP contribution in [0.2, 0.25) is 0 Å². The van der Waals surface area contributed by atoms with Gasteiger partial charge in [0, 0.05) is 11.6 Å². The summed E-state index contributed by atoms with van der Waals surface area (Å²) in [6.07, 6.45) is 0. The normalized spacial score (nSPS) is 13.2. The van der Waals surface area contributed by atoms with Gasteiger partial charge < -0.3 is 4.74 Å². The lowest BCUT2D eigenvalue weighted by Gasteiger charge is -2.15. The van der Waals surface area contributed by atoms with Gasteiger partial charge in [-0.25, -0.2) is 21.6 Å². The first-order valence-corrected chi connectivity index (χ1v) is 10.1. The zero-order valence-corrected chi connectivity index (χ0v) is 14.8. The summed E-state index contributed by atoms with van der Waals surface area (Å²) in [6, 6.07) is 12.5. The van der Waals surface area contributed by atoms with Gasteiger partial charge in [0.15, 0.2) is 0 Å². The van der Waals surface area contributed by atoms with Gasteiger partial charge >= 0.3 is 5.43 Å². The first-order valence-electron chi connectivity index (χ1n) is 6.66. The third-order valence-corrected chi connectivity index (χ3v) is 7.18. The van der Waals surface area contributed by atoms with Gasteiger partial charge in [0.1, 0.15) is 0 Å². The van der Waals surface area contributed by atoms with Crippen LogP contribution in [0.3, 0.4) is 0 Å². The summed E-state index contributed by atoms with van der Waals surface area (Å²) in [6.45, 7) is 1.10. The van der Waals surface area contributed by atoms with Crippen molar-refractivity contribution in [1.82, 2.24) is 0 Å². The Bertz CT molecular complexity index is 952. The molecule has 0 N–H and O–H groups in total. The number of carbonyl (C=O) groups excluding carboxylic acids is 1. The molecule has 128 valence electrons. The maximum absolute atomic E-state index is 12.7. The predicted molar refractivity (Wildman–Crippen MR) is 87.3 cm³/mol. The van der Waals surface area contributed by atoms with Crippen LogP contribution in [0.4, 0.5) is 4.79 Å². The summed E-state index contributed by atoms with van der Waals surface area (Å²) >= 11 is 5.05. The van der Waals surface area contributed by atoms with Crippen molar-refractivity contribution in [3.8, 4) is 0 Å². The van der Waals surface area contributed by atoms with E-state index in [1.807, 2.05) is 0 Å². The lowest BCUT2D eigenvalue weighted by Crippen LogP contribution is -2.24. The predicted octanol–water partition coefficient (Wildman–Crippen LogP) is 3.01. The highest BCUT2D eigenvalue weighted by Crippen LogP contribution is 2.29. The zero-order chi connectivity index (χ0) is 18.0. The minimum atomic E-state index is -4.26. The molecule has 0 bridgehead atoms. The second kappa shape index (κ2) is 6.92. The summed E-state index contributed by atoms with van der Waals surface area (Å²) in [7, 11) is -8.33. The van der Waals surface area contributed by atoms with Gasteiger partial charge in [-0.2, -0.15) is 0 Å². The molecular weight excluding hydrogens is 376 g/mol. The Morgan fingerprint density at radius 1 is 0.917 bits per heavy atom. The van der Waals surface area contributed by atoms with Crippen molar-refractivity contribution in [3.63, 3.8) is 0 Å². The van der Waals surface area contributed by atoms with Gasteiger partial charge in [0.2, 0.25) is 25.1 Å². The topological polar surface area (TPSA) is 94.6 Å². The van der Waals surface area contributed by atoms with E-state index in [0.717, 1.165) is 13.0 Å². The van der Waals surface area contributed by atoms with Crippen LogP contribution in [-0.2, 0) is 24.4 Å². The molecule has 0 aliphatic rings. The second-order valence-electron chi connectivity index (χ2n) is 4.73. The number of benzene rings is 2. The number of sulfone groups is 2. The Kier molecular flexibility index (Phi) is 5.32. The molecule has 0 aliphatic carbocycles. The van der Waals surface area contributed by atoms with Gasteiger partial charge in [0.25, 0.3) is 0 Å². The highest BCUT2D eigenvalue weighted by molar-refractivity contribution is 7.94. The number of carbonyl (C=O) groups is 1. The van der Waals surface area contributed by atoms with Gasteiger partial charge in [-0.15, -0.1) is 0 Å². The van der Waals surface area contributed by atoms with E-state index in [4.69, 9.17) is 11.6 Å². The molecule has 0 aromatic heterocycles. The number of ether oxygens (including phenoxy) is 1. The van der Waals surface area contributed by atoms with Crippen molar-refractivity contribution < 1.29 is 26.4 Å². The van der Waals surface area contributed by atoms with Crippen molar-refractivity contribution in [1.29, 1.82) is 0 Å². The van der Waals surface area contributed by atoms with Crippen LogP contribution < -0.4 is 0 Å². The first kappa shape index (κ1) is 18.4. The maximum Gasteiger partial charge on any atom is 0.405 e. The highest BCUT2D eigenvalue weighted by atomic mass is 35.5. The molecule has 0 fully saturated rings. The average molecular weight is 389 g/mol. The SMILES string of the molecule is CC(OC(=O)Cl)S(=O)(=O)c1ccccc1S(=O)(=O)c1ccccc1. The number of hydrogen-bond acceptors (Lipinski definition) is 6. The molecule has 2 aromatic carbocycles. The molecule has 2 rings (SSSR count). The lowest BCUT2D eigenvalue weighted by molar-refractivity contribution is 0.164. The molecule has 0 aliphatic heterocycles. The Balaban J connectivity index is 2.63. The molecule has 1 unspecified atom stereocenters. The smallest absolute Gasteiger partial charge is 0.405 e. The molecule has 1 atom stereocenters. The van der Waals surface area contributed by atoms with Crippen LogP contribution in [-0.4, -0.2) is 27.7 Å². The standard InChI is InChI=1S/C15H13ClO6S2/c1-11(22-15(16)17)23(18,19)13-9-5-6-10-14(13)24(20,21)12-7-3-2-4-8-12/h2-11H,1H3. The number of hydrogen-bond donors (Lipinski definition) is 0. The van der Waals surface area contributed by atoms with E-state index in [2.05, 4.69) is 4.74 Å². The van der Waals surface area contributed by atoms with Crippen molar-refractivity contribution in [2.45, 2.75) is 27.0 Å². The van der Waals surface area contributed by atoms with E-state index in [1.165, 1.54) is 42.5 Å². The van der Waals surface area contributed by atoms with E-state index < -0.39 is 40.3 Å². The Morgan fingerprint density at radius 3 is 1.96 bits per heavy atom. The average Bonchev–Trinajstić information content (AvgIpc) is 2.55. The Labute approximate surface area is 144 Å². The lowest BCUT2D eigenvalue weighted by atomic mass is 10.4. The van der Waals surface area contributed by atoms with Crippen molar-refractivity contribution in [3.05, 3.63) is 54.6 Å². The minimum absolute atomic E-state index is 0.0466. The van der Waals surface area contributed by atoms with E-state index >= 15 is 0 Å². The quantitative estimate of drug-likeness (QED) is 0.730. The minimum Gasteiger partial charge on any atom is -0.434 e. The van der Waals surface area contributed by atoms with Gasteiger partial charge in [-0.1, -0.05) is 30.3 Å². The second-order valence-corrected chi connectivity index (χ2v) is 9.15. The molecule has 9 heteroatoms. The van der Waals surface area contributed by atoms with Gasteiger partial charge in [-0.05, 0) is 31.2 Å². The third-order valence-electron chi connectivity index (χ3n) is 3.19. The summed E-state index contributed by atoms with van der Waals surface area (Å²) in [4.78, 5) is 9.90. The largest absolute Gasteiger partial charge is 0.434 e. The number of rotatable bonds is 5. The first-order chi connectivity index (χ1) is 11.2. The molecule has 0 spiro atoms. The summed E-state index contributed by atoms with van der Waals surface area (Å²) in [5.74, 6) is 0. The van der Waals surface area contributed by atoms with Gasteiger partial charge in [0.05, 0.1) is 14.7 Å². The van der Waals surface area contributed by atoms with E-state index in [-0.39, 0.29) is 4.90 Å². The fourth-order valence-corrected chi connectivity index (χ4v) is 5.42. The van der Waals surface area contributed by atoms with E-state index in [0.29, 0.717) is 0 Å². The van der Waals surface area contributed by atoms with Crippen molar-refractivity contribution in [2.24, 2.45) is 0 Å². The van der Waals surface area contributed by atoms with Crippen LogP contribution >= 0.6 is 11.6 Å². The summed E-state index contributed by atoms with van der Waals surface area (Å²) in [5.41, 5.74) is -2.93. The Morgan fingerprint density at radius 2 is 1.42 bits per heavy atom. The molecule has 6 nitrogen and oxygen atoms in total. The zero-order valence-electron chi connectivity index (χ0n) is 12.4. The summed E-state index contributed by atoms with van der Waals surface area (Å²) < 4.78 is 55.1. The summed E-state index contributed by atoms with van der Waals surface area (Å²) in [5, 5.41) is 0. The maximum atomic E-state index is 12.7. The molecule has 0 radical (unpaired) electrons. The molecule has 24 heavy (non-hydrogen) atoms. The van der Waals surface area contributed by atoms with Crippen molar-refractivity contribution >= 4 is 36.7 Å². The fraction of sp³-hybridized carbons (Fsp3) is 0.133. The van der Waals surface area contributed by atoms with E-state index in [9.17, 15) is 21.6 Å². The Hall–Kier alpha value is -1.90.